The number of aliphatic hydroxyl groups is 3. The highest BCUT2D eigenvalue weighted by Crippen LogP contribution is 2.37. The van der Waals surface area contributed by atoms with Crippen LogP contribution in [0.1, 0.15) is 13.2 Å². The Morgan fingerprint density at radius 1 is 1.68 bits per heavy atom. The van der Waals surface area contributed by atoms with Crippen LogP contribution in [0.5, 0.6) is 0 Å². The summed E-state index contributed by atoms with van der Waals surface area (Å²) in [6, 6.07) is 1.42. The van der Waals surface area contributed by atoms with Crippen molar-refractivity contribution in [2.24, 2.45) is 5.84 Å². The van der Waals surface area contributed by atoms with E-state index in [1.165, 1.54) is 19.2 Å². The molecule has 1 aromatic heterocycles. The van der Waals surface area contributed by atoms with Gasteiger partial charge in [-0.3, -0.25) is 4.57 Å². The van der Waals surface area contributed by atoms with Crippen molar-refractivity contribution in [1.29, 1.82) is 0 Å². The van der Waals surface area contributed by atoms with Crippen LogP contribution in [0.25, 0.3) is 0 Å². The van der Waals surface area contributed by atoms with Crippen molar-refractivity contribution in [1.82, 2.24) is 9.55 Å². The molecule has 0 saturated carbocycles. The standard InChI is InChI=1S/C10H16N4O5/c1-10(18)7(16)5(4-15)19-8(10)14-3-2-6(13-11)12-9(14)17/h2-3,5,7-8,15-16,18H,4,11H2,1H3,(H,12,13,17)/t5?,7-,8?,10+/m1/s1. The third-order valence-corrected chi connectivity index (χ3v) is 3.17. The number of aliphatic hydroxyl groups excluding tert-OH is 2. The monoisotopic (exact) mass is 272 g/mol. The van der Waals surface area contributed by atoms with Crippen LogP contribution in [-0.2, 0) is 4.74 Å². The average molecular weight is 272 g/mol. The van der Waals surface area contributed by atoms with Crippen LogP contribution in [0, 0.1) is 0 Å². The van der Waals surface area contributed by atoms with Crippen molar-refractivity contribution in [3.63, 3.8) is 0 Å². The molecule has 0 amide bonds. The first-order valence-corrected chi connectivity index (χ1v) is 5.64. The SMILES string of the molecule is C[C@@]1(O)C(n2ccc(NN)nc2=O)OC(CO)[C@H]1O. The van der Waals surface area contributed by atoms with E-state index in [-0.39, 0.29) is 5.82 Å². The van der Waals surface area contributed by atoms with Crippen LogP contribution < -0.4 is 17.0 Å². The molecule has 1 aromatic rings. The van der Waals surface area contributed by atoms with Crippen molar-refractivity contribution < 1.29 is 20.1 Å². The largest absolute Gasteiger partial charge is 0.394 e. The molecule has 0 bridgehead atoms. The van der Waals surface area contributed by atoms with Gasteiger partial charge in [0, 0.05) is 6.20 Å². The van der Waals surface area contributed by atoms with Crippen LogP contribution in [0.3, 0.4) is 0 Å². The van der Waals surface area contributed by atoms with Crippen LogP contribution in [0.2, 0.25) is 0 Å². The fourth-order valence-corrected chi connectivity index (χ4v) is 2.06. The topological polar surface area (TPSA) is 143 Å². The minimum Gasteiger partial charge on any atom is -0.394 e. The van der Waals surface area contributed by atoms with Crippen molar-refractivity contribution in [3.8, 4) is 0 Å². The van der Waals surface area contributed by atoms with Gasteiger partial charge in [0.1, 0.15) is 23.6 Å². The van der Waals surface area contributed by atoms with Gasteiger partial charge in [-0.25, -0.2) is 10.6 Å². The number of anilines is 1. The highest BCUT2D eigenvalue weighted by atomic mass is 16.6. The predicted octanol–water partition coefficient (Wildman–Crippen LogP) is -2.47. The Balaban J connectivity index is 2.39. The molecule has 2 rings (SSSR count). The minimum absolute atomic E-state index is 0.165. The zero-order valence-corrected chi connectivity index (χ0v) is 10.2. The summed E-state index contributed by atoms with van der Waals surface area (Å²) in [7, 11) is 0. The van der Waals surface area contributed by atoms with Gasteiger partial charge in [-0.05, 0) is 13.0 Å². The van der Waals surface area contributed by atoms with Gasteiger partial charge in [0.15, 0.2) is 6.23 Å². The van der Waals surface area contributed by atoms with Gasteiger partial charge < -0.3 is 25.5 Å². The molecular formula is C10H16N4O5. The number of nitrogen functional groups attached to an aromatic ring is 1. The lowest BCUT2D eigenvalue weighted by Gasteiger charge is -2.27. The fourth-order valence-electron chi connectivity index (χ4n) is 2.06. The third kappa shape index (κ3) is 2.22. The summed E-state index contributed by atoms with van der Waals surface area (Å²) in [5.41, 5.74) is -0.210. The first-order chi connectivity index (χ1) is 8.91. The Hall–Kier alpha value is -1.52. The fraction of sp³-hybridized carbons (Fsp3) is 0.600. The summed E-state index contributed by atoms with van der Waals surface area (Å²) in [5.74, 6) is 5.29. The molecule has 1 fully saturated rings. The smallest absolute Gasteiger partial charge is 0.351 e. The number of hydrogen-bond acceptors (Lipinski definition) is 8. The molecule has 1 aliphatic heterocycles. The normalized spacial score (nSPS) is 34.5. The number of hydrazine groups is 1. The molecule has 19 heavy (non-hydrogen) atoms. The number of hydrogen-bond donors (Lipinski definition) is 5. The lowest BCUT2D eigenvalue weighted by atomic mass is 9.96. The number of nitrogens with one attached hydrogen (secondary N) is 1. The van der Waals surface area contributed by atoms with E-state index in [0.29, 0.717) is 0 Å². The van der Waals surface area contributed by atoms with Crippen molar-refractivity contribution >= 4 is 5.82 Å². The molecule has 0 aromatic carbocycles. The van der Waals surface area contributed by atoms with Gasteiger partial charge in [0.25, 0.3) is 0 Å². The lowest BCUT2D eigenvalue weighted by molar-refractivity contribution is -0.0986. The molecular weight excluding hydrogens is 256 g/mol. The molecule has 2 heterocycles. The first-order valence-electron chi connectivity index (χ1n) is 5.64. The van der Waals surface area contributed by atoms with Crippen molar-refractivity contribution in [3.05, 3.63) is 22.7 Å². The number of aromatic nitrogens is 2. The summed E-state index contributed by atoms with van der Waals surface area (Å²) in [6.07, 6.45) is -2.11. The van der Waals surface area contributed by atoms with E-state index in [2.05, 4.69) is 10.4 Å². The maximum Gasteiger partial charge on any atom is 0.351 e. The van der Waals surface area contributed by atoms with Crippen LogP contribution in [0.15, 0.2) is 17.1 Å². The van der Waals surface area contributed by atoms with E-state index in [0.717, 1.165) is 4.57 Å². The van der Waals surface area contributed by atoms with Gasteiger partial charge in [-0.2, -0.15) is 4.98 Å². The molecule has 0 aliphatic carbocycles. The first kappa shape index (κ1) is 13.9. The van der Waals surface area contributed by atoms with E-state index in [1.807, 2.05) is 0 Å². The van der Waals surface area contributed by atoms with E-state index in [4.69, 9.17) is 15.7 Å². The Labute approximate surface area is 108 Å². The third-order valence-electron chi connectivity index (χ3n) is 3.17. The Morgan fingerprint density at radius 3 is 2.84 bits per heavy atom. The van der Waals surface area contributed by atoms with Gasteiger partial charge in [-0.15, -0.1) is 0 Å². The minimum atomic E-state index is -1.73. The molecule has 4 atom stereocenters. The van der Waals surface area contributed by atoms with Gasteiger partial charge in [0.05, 0.1) is 6.61 Å². The second-order valence-corrected chi connectivity index (χ2v) is 4.53. The van der Waals surface area contributed by atoms with E-state index in [1.54, 1.807) is 0 Å². The highest BCUT2D eigenvalue weighted by Gasteiger charge is 2.53. The molecule has 6 N–H and O–H groups in total. The Morgan fingerprint density at radius 2 is 2.37 bits per heavy atom. The zero-order chi connectivity index (χ0) is 14.2. The van der Waals surface area contributed by atoms with E-state index >= 15 is 0 Å². The maximum atomic E-state index is 11.8. The van der Waals surface area contributed by atoms with Crippen LogP contribution in [0.4, 0.5) is 5.82 Å². The molecule has 1 saturated heterocycles. The number of rotatable bonds is 3. The van der Waals surface area contributed by atoms with Crippen LogP contribution >= 0.6 is 0 Å². The molecule has 0 spiro atoms. The van der Waals surface area contributed by atoms with Gasteiger partial charge in [0.2, 0.25) is 0 Å². The molecule has 1 aliphatic rings. The van der Waals surface area contributed by atoms with Gasteiger partial charge in [-0.1, -0.05) is 0 Å². The summed E-state index contributed by atoms with van der Waals surface area (Å²) in [6.45, 7) is 0.845. The van der Waals surface area contributed by atoms with Crippen molar-refractivity contribution in [2.45, 2.75) is 31.0 Å². The predicted molar refractivity (Wildman–Crippen MR) is 63.9 cm³/mol. The highest BCUT2D eigenvalue weighted by molar-refractivity contribution is 5.29. The average Bonchev–Trinajstić information content (AvgIpc) is 2.61. The second kappa shape index (κ2) is 4.87. The van der Waals surface area contributed by atoms with E-state index in [9.17, 15) is 15.0 Å². The Bertz CT molecular complexity index is 517. The Kier molecular flexibility index (Phi) is 3.56. The lowest BCUT2D eigenvalue weighted by Crippen LogP contribution is -2.46. The molecule has 9 nitrogen and oxygen atoms in total. The molecule has 0 radical (unpaired) electrons. The van der Waals surface area contributed by atoms with Crippen LogP contribution in [-0.4, -0.2) is 49.3 Å². The molecule has 106 valence electrons. The molecule has 9 heteroatoms. The molecule has 2 unspecified atom stereocenters. The number of nitrogens with zero attached hydrogens (tertiary/aromatic N) is 2. The summed E-state index contributed by atoms with van der Waals surface area (Å²) < 4.78 is 6.33. The summed E-state index contributed by atoms with van der Waals surface area (Å²) >= 11 is 0. The second-order valence-electron chi connectivity index (χ2n) is 4.53. The van der Waals surface area contributed by atoms with Crippen molar-refractivity contribution in [2.75, 3.05) is 12.0 Å². The summed E-state index contributed by atoms with van der Waals surface area (Å²) in [4.78, 5) is 15.4. The van der Waals surface area contributed by atoms with Gasteiger partial charge >= 0.3 is 5.69 Å². The maximum absolute atomic E-state index is 11.8. The number of nitrogens with two attached hydrogens (primary N) is 1. The summed E-state index contributed by atoms with van der Waals surface area (Å²) in [5, 5.41) is 29.1. The quantitative estimate of drug-likeness (QED) is 0.301. The number of ether oxygens (including phenoxy) is 1. The zero-order valence-electron chi connectivity index (χ0n) is 10.2. The van der Waals surface area contributed by atoms with E-state index < -0.39 is 36.3 Å².